The molecule has 1 heterocycles. The van der Waals surface area contributed by atoms with Crippen molar-refractivity contribution < 1.29 is 9.59 Å². The van der Waals surface area contributed by atoms with E-state index in [-0.39, 0.29) is 17.9 Å². The molecule has 102 valence electrons. The Morgan fingerprint density at radius 2 is 1.95 bits per heavy atom. The van der Waals surface area contributed by atoms with Crippen molar-refractivity contribution in [2.75, 3.05) is 13.1 Å². The van der Waals surface area contributed by atoms with E-state index in [1.807, 2.05) is 39.0 Å². The number of benzene rings is 1. The van der Waals surface area contributed by atoms with Gasteiger partial charge in [-0.1, -0.05) is 24.1 Å². The van der Waals surface area contributed by atoms with Crippen LogP contribution in [0.15, 0.2) is 18.2 Å². The average molecular weight is 260 g/mol. The minimum atomic E-state index is -0.345. The molecule has 0 bridgehead atoms. The Kier molecular flexibility index (Phi) is 3.88. The molecule has 0 saturated carbocycles. The normalized spacial score (nSPS) is 19.2. The quantitative estimate of drug-likeness (QED) is 0.879. The summed E-state index contributed by atoms with van der Waals surface area (Å²) < 4.78 is 0. The number of hydrogen-bond donors (Lipinski definition) is 1. The third-order valence-corrected chi connectivity index (χ3v) is 3.45. The lowest BCUT2D eigenvalue weighted by molar-refractivity contribution is -0.127. The van der Waals surface area contributed by atoms with Crippen LogP contribution in [0.5, 0.6) is 0 Å². The average Bonchev–Trinajstić information content (AvgIpc) is 2.36. The van der Waals surface area contributed by atoms with Crippen molar-refractivity contribution in [3.8, 4) is 0 Å². The molecule has 2 amide bonds. The fourth-order valence-corrected chi connectivity index (χ4v) is 2.63. The van der Waals surface area contributed by atoms with Crippen LogP contribution in [-0.4, -0.2) is 35.8 Å². The maximum Gasteiger partial charge on any atom is 0.254 e. The van der Waals surface area contributed by atoms with Gasteiger partial charge in [0.1, 0.15) is 6.04 Å². The van der Waals surface area contributed by atoms with Crippen molar-refractivity contribution in [2.24, 2.45) is 0 Å². The van der Waals surface area contributed by atoms with Gasteiger partial charge in [0.2, 0.25) is 5.91 Å². The van der Waals surface area contributed by atoms with Gasteiger partial charge in [-0.3, -0.25) is 9.59 Å². The summed E-state index contributed by atoms with van der Waals surface area (Å²) in [6.07, 6.45) is 0.641. The number of carbonyl (C=O) groups is 2. The standard InChI is InChI=1S/C15H20N2O2/c1-4-13-14(18)16-5-6-17(13)15(19)12-8-10(2)7-11(3)9-12/h7-9,13H,4-6H2,1-3H3,(H,16,18). The van der Waals surface area contributed by atoms with Crippen LogP contribution in [0.1, 0.15) is 34.8 Å². The van der Waals surface area contributed by atoms with E-state index in [2.05, 4.69) is 5.32 Å². The van der Waals surface area contributed by atoms with Crippen LogP contribution in [0.4, 0.5) is 0 Å². The predicted octanol–water partition coefficient (Wildman–Crippen LogP) is 1.65. The van der Waals surface area contributed by atoms with E-state index < -0.39 is 0 Å². The molecule has 1 aliphatic heterocycles. The number of carbonyl (C=O) groups excluding carboxylic acids is 2. The number of aryl methyl sites for hydroxylation is 2. The Balaban J connectivity index is 2.29. The molecule has 1 unspecified atom stereocenters. The van der Waals surface area contributed by atoms with Gasteiger partial charge in [0.15, 0.2) is 0 Å². The highest BCUT2D eigenvalue weighted by Gasteiger charge is 2.32. The monoisotopic (exact) mass is 260 g/mol. The number of hydrogen-bond acceptors (Lipinski definition) is 2. The summed E-state index contributed by atoms with van der Waals surface area (Å²) in [5, 5.41) is 2.81. The van der Waals surface area contributed by atoms with E-state index in [9.17, 15) is 9.59 Å². The molecule has 0 aromatic heterocycles. The number of amides is 2. The molecule has 1 N–H and O–H groups in total. The summed E-state index contributed by atoms with van der Waals surface area (Å²) >= 11 is 0. The Bertz CT molecular complexity index is 491. The van der Waals surface area contributed by atoms with Gasteiger partial charge in [-0.2, -0.15) is 0 Å². The second-order valence-electron chi connectivity index (χ2n) is 5.09. The molecule has 0 aliphatic carbocycles. The van der Waals surface area contributed by atoms with Crippen LogP contribution < -0.4 is 5.32 Å². The van der Waals surface area contributed by atoms with E-state index in [1.165, 1.54) is 0 Å². The van der Waals surface area contributed by atoms with Crippen LogP contribution in [-0.2, 0) is 4.79 Å². The number of rotatable bonds is 2. The number of nitrogens with one attached hydrogen (secondary N) is 1. The summed E-state index contributed by atoms with van der Waals surface area (Å²) in [4.78, 5) is 26.1. The highest BCUT2D eigenvalue weighted by molar-refractivity contribution is 5.98. The second-order valence-corrected chi connectivity index (χ2v) is 5.09. The summed E-state index contributed by atoms with van der Waals surface area (Å²) in [5.74, 6) is -0.0972. The number of piperazine rings is 1. The van der Waals surface area contributed by atoms with Crippen LogP contribution in [0.3, 0.4) is 0 Å². The molecule has 19 heavy (non-hydrogen) atoms. The zero-order chi connectivity index (χ0) is 14.0. The van der Waals surface area contributed by atoms with Crippen molar-refractivity contribution >= 4 is 11.8 Å². The lowest BCUT2D eigenvalue weighted by atomic mass is 10.0. The van der Waals surface area contributed by atoms with Crippen LogP contribution in [0.2, 0.25) is 0 Å². The van der Waals surface area contributed by atoms with Gasteiger partial charge in [-0.15, -0.1) is 0 Å². The van der Waals surface area contributed by atoms with E-state index in [0.29, 0.717) is 25.1 Å². The van der Waals surface area contributed by atoms with Crippen LogP contribution in [0.25, 0.3) is 0 Å². The summed E-state index contributed by atoms with van der Waals surface area (Å²) in [7, 11) is 0. The van der Waals surface area contributed by atoms with E-state index >= 15 is 0 Å². The first kappa shape index (κ1) is 13.6. The highest BCUT2D eigenvalue weighted by atomic mass is 16.2. The molecule has 1 saturated heterocycles. The maximum atomic E-state index is 12.6. The van der Waals surface area contributed by atoms with Gasteiger partial charge in [0.25, 0.3) is 5.91 Å². The maximum absolute atomic E-state index is 12.6. The Morgan fingerprint density at radius 1 is 1.32 bits per heavy atom. The molecule has 0 radical (unpaired) electrons. The lowest BCUT2D eigenvalue weighted by Crippen LogP contribution is -2.56. The molecular formula is C15H20N2O2. The van der Waals surface area contributed by atoms with Gasteiger partial charge in [-0.25, -0.2) is 0 Å². The molecular weight excluding hydrogens is 240 g/mol. The van der Waals surface area contributed by atoms with Crippen molar-refractivity contribution in [1.29, 1.82) is 0 Å². The fraction of sp³-hybridized carbons (Fsp3) is 0.467. The largest absolute Gasteiger partial charge is 0.353 e. The Morgan fingerprint density at radius 3 is 2.53 bits per heavy atom. The summed E-state index contributed by atoms with van der Waals surface area (Å²) in [6, 6.07) is 5.46. The predicted molar refractivity (Wildman–Crippen MR) is 74.0 cm³/mol. The summed E-state index contributed by atoms with van der Waals surface area (Å²) in [5.41, 5.74) is 2.81. The Labute approximate surface area is 113 Å². The third-order valence-electron chi connectivity index (χ3n) is 3.45. The first-order chi connectivity index (χ1) is 9.02. The third kappa shape index (κ3) is 2.78. The molecule has 0 spiro atoms. The van der Waals surface area contributed by atoms with Gasteiger partial charge in [-0.05, 0) is 32.4 Å². The molecule has 1 aromatic carbocycles. The van der Waals surface area contributed by atoms with Gasteiger partial charge >= 0.3 is 0 Å². The molecule has 1 aliphatic rings. The zero-order valence-corrected chi connectivity index (χ0v) is 11.7. The minimum Gasteiger partial charge on any atom is -0.353 e. The first-order valence-electron chi connectivity index (χ1n) is 6.70. The van der Waals surface area contributed by atoms with Gasteiger partial charge in [0, 0.05) is 18.7 Å². The van der Waals surface area contributed by atoms with Crippen LogP contribution in [0, 0.1) is 13.8 Å². The lowest BCUT2D eigenvalue weighted by Gasteiger charge is -2.34. The van der Waals surface area contributed by atoms with Crippen molar-refractivity contribution in [3.63, 3.8) is 0 Å². The topological polar surface area (TPSA) is 49.4 Å². The van der Waals surface area contributed by atoms with E-state index in [4.69, 9.17) is 0 Å². The molecule has 1 fully saturated rings. The molecule has 1 atom stereocenters. The van der Waals surface area contributed by atoms with Crippen molar-refractivity contribution in [3.05, 3.63) is 34.9 Å². The zero-order valence-electron chi connectivity index (χ0n) is 11.7. The molecule has 1 aromatic rings. The fourth-order valence-electron chi connectivity index (χ4n) is 2.63. The second kappa shape index (κ2) is 5.43. The molecule has 4 nitrogen and oxygen atoms in total. The SMILES string of the molecule is CCC1C(=O)NCCN1C(=O)c1cc(C)cc(C)c1. The highest BCUT2D eigenvalue weighted by Crippen LogP contribution is 2.16. The van der Waals surface area contributed by atoms with E-state index in [0.717, 1.165) is 11.1 Å². The van der Waals surface area contributed by atoms with Crippen LogP contribution >= 0.6 is 0 Å². The van der Waals surface area contributed by atoms with Gasteiger partial charge < -0.3 is 10.2 Å². The molecule has 4 heteroatoms. The number of nitrogens with zero attached hydrogens (tertiary/aromatic N) is 1. The van der Waals surface area contributed by atoms with Gasteiger partial charge in [0.05, 0.1) is 0 Å². The minimum absolute atomic E-state index is 0.0477. The van der Waals surface area contributed by atoms with Crippen molar-refractivity contribution in [1.82, 2.24) is 10.2 Å². The van der Waals surface area contributed by atoms with Crippen molar-refractivity contribution in [2.45, 2.75) is 33.2 Å². The molecule has 2 rings (SSSR count). The summed E-state index contributed by atoms with van der Waals surface area (Å²) in [6.45, 7) is 6.99. The Hall–Kier alpha value is -1.84. The smallest absolute Gasteiger partial charge is 0.254 e. The first-order valence-corrected chi connectivity index (χ1v) is 6.70. The van der Waals surface area contributed by atoms with E-state index in [1.54, 1.807) is 4.90 Å².